The van der Waals surface area contributed by atoms with Gasteiger partial charge in [0.25, 0.3) is 0 Å². The van der Waals surface area contributed by atoms with Crippen molar-refractivity contribution in [3.05, 3.63) is 52.9 Å². The van der Waals surface area contributed by atoms with Crippen LogP contribution in [-0.2, 0) is 6.42 Å². The highest BCUT2D eigenvalue weighted by atomic mass is 32.1. The molecule has 1 saturated carbocycles. The number of nitrogens with zero attached hydrogens (tertiary/aromatic N) is 1. The third-order valence-corrected chi connectivity index (χ3v) is 6.43. The lowest BCUT2D eigenvalue weighted by atomic mass is 9.81. The second-order valence-electron chi connectivity index (χ2n) is 7.32. The molecule has 0 saturated heterocycles. The standard InChI is InChI=1S/C22H25NS/c1-16-9-11-17(12-10-16)13-14-22-23-21(15-24-22)20-8-4-6-18-5-2-3-7-19(18)20/h2-8,15-17H,9-14H2,1H3. The van der Waals surface area contributed by atoms with Crippen LogP contribution in [0.2, 0.25) is 0 Å². The van der Waals surface area contributed by atoms with Crippen molar-refractivity contribution in [2.24, 2.45) is 11.8 Å². The van der Waals surface area contributed by atoms with Crippen molar-refractivity contribution in [2.75, 3.05) is 0 Å². The van der Waals surface area contributed by atoms with E-state index in [-0.39, 0.29) is 0 Å². The van der Waals surface area contributed by atoms with Gasteiger partial charge in [0.1, 0.15) is 0 Å². The molecule has 3 aromatic rings. The molecule has 4 rings (SSSR count). The molecule has 0 N–H and O–H groups in total. The van der Waals surface area contributed by atoms with E-state index in [2.05, 4.69) is 54.8 Å². The number of aromatic nitrogens is 1. The predicted molar refractivity (Wildman–Crippen MR) is 104 cm³/mol. The van der Waals surface area contributed by atoms with Crippen LogP contribution in [0, 0.1) is 11.8 Å². The molecular weight excluding hydrogens is 310 g/mol. The normalized spacial score (nSPS) is 21.2. The second-order valence-corrected chi connectivity index (χ2v) is 8.26. The summed E-state index contributed by atoms with van der Waals surface area (Å²) in [5.74, 6) is 1.87. The van der Waals surface area contributed by atoms with Crippen molar-refractivity contribution in [3.63, 3.8) is 0 Å². The number of aryl methyl sites for hydroxylation is 1. The van der Waals surface area contributed by atoms with Crippen LogP contribution in [0.3, 0.4) is 0 Å². The number of fused-ring (bicyclic) bond motifs is 1. The largest absolute Gasteiger partial charge is 0.241 e. The summed E-state index contributed by atoms with van der Waals surface area (Å²) in [6.45, 7) is 2.40. The van der Waals surface area contributed by atoms with E-state index in [4.69, 9.17) is 4.98 Å². The van der Waals surface area contributed by atoms with E-state index in [1.807, 2.05) is 11.3 Å². The fourth-order valence-corrected chi connectivity index (χ4v) is 4.76. The van der Waals surface area contributed by atoms with Gasteiger partial charge in [-0.2, -0.15) is 0 Å². The van der Waals surface area contributed by atoms with Crippen LogP contribution in [0.5, 0.6) is 0 Å². The second kappa shape index (κ2) is 7.06. The third kappa shape index (κ3) is 3.39. The van der Waals surface area contributed by atoms with Crippen molar-refractivity contribution in [1.29, 1.82) is 0 Å². The zero-order valence-electron chi connectivity index (χ0n) is 14.4. The van der Waals surface area contributed by atoms with Crippen LogP contribution < -0.4 is 0 Å². The first-order valence-electron chi connectivity index (χ1n) is 9.22. The van der Waals surface area contributed by atoms with E-state index in [0.717, 1.165) is 24.0 Å². The third-order valence-electron chi connectivity index (χ3n) is 5.52. The summed E-state index contributed by atoms with van der Waals surface area (Å²) in [5, 5.41) is 6.13. The average molecular weight is 336 g/mol. The maximum atomic E-state index is 4.95. The summed E-state index contributed by atoms with van der Waals surface area (Å²) >= 11 is 1.83. The molecule has 124 valence electrons. The molecule has 1 aliphatic rings. The Morgan fingerprint density at radius 1 is 1.00 bits per heavy atom. The molecule has 0 aliphatic heterocycles. The Bertz CT molecular complexity index is 806. The summed E-state index contributed by atoms with van der Waals surface area (Å²) in [6, 6.07) is 15.1. The Labute approximate surface area is 148 Å². The highest BCUT2D eigenvalue weighted by Crippen LogP contribution is 2.33. The molecule has 0 bridgehead atoms. The molecule has 0 radical (unpaired) electrons. The number of hydrogen-bond acceptors (Lipinski definition) is 2. The number of benzene rings is 2. The highest BCUT2D eigenvalue weighted by molar-refractivity contribution is 7.09. The van der Waals surface area contributed by atoms with Gasteiger partial charge >= 0.3 is 0 Å². The summed E-state index contributed by atoms with van der Waals surface area (Å²) in [5.41, 5.74) is 2.41. The molecule has 2 aromatic carbocycles. The van der Waals surface area contributed by atoms with Crippen molar-refractivity contribution < 1.29 is 0 Å². The van der Waals surface area contributed by atoms with Gasteiger partial charge < -0.3 is 0 Å². The number of rotatable bonds is 4. The SMILES string of the molecule is CC1CCC(CCc2nc(-c3cccc4ccccc34)cs2)CC1. The van der Waals surface area contributed by atoms with Crippen LogP contribution in [0.25, 0.3) is 22.0 Å². The van der Waals surface area contributed by atoms with Crippen LogP contribution >= 0.6 is 11.3 Å². The van der Waals surface area contributed by atoms with Crippen LogP contribution in [-0.4, -0.2) is 4.98 Å². The Morgan fingerprint density at radius 3 is 2.67 bits per heavy atom. The molecule has 2 heteroatoms. The number of hydrogen-bond donors (Lipinski definition) is 0. The summed E-state index contributed by atoms with van der Waals surface area (Å²) in [7, 11) is 0. The lowest BCUT2D eigenvalue weighted by Gasteiger charge is -2.25. The zero-order valence-corrected chi connectivity index (χ0v) is 15.2. The first kappa shape index (κ1) is 15.8. The minimum atomic E-state index is 0.922. The van der Waals surface area contributed by atoms with Crippen molar-refractivity contribution in [3.8, 4) is 11.3 Å². The molecule has 1 fully saturated rings. The zero-order chi connectivity index (χ0) is 16.4. The molecule has 1 heterocycles. The lowest BCUT2D eigenvalue weighted by molar-refractivity contribution is 0.277. The highest BCUT2D eigenvalue weighted by Gasteiger charge is 2.18. The van der Waals surface area contributed by atoms with Gasteiger partial charge in [0.2, 0.25) is 0 Å². The quantitative estimate of drug-likeness (QED) is 0.515. The molecule has 1 nitrogen and oxygen atoms in total. The van der Waals surface area contributed by atoms with Gasteiger partial charge in [-0.05, 0) is 35.4 Å². The van der Waals surface area contributed by atoms with Crippen LogP contribution in [0.4, 0.5) is 0 Å². The van der Waals surface area contributed by atoms with E-state index in [1.54, 1.807) is 0 Å². The van der Waals surface area contributed by atoms with Crippen molar-refractivity contribution in [1.82, 2.24) is 4.98 Å². The van der Waals surface area contributed by atoms with E-state index >= 15 is 0 Å². The Morgan fingerprint density at radius 2 is 1.79 bits per heavy atom. The van der Waals surface area contributed by atoms with Crippen LogP contribution in [0.15, 0.2) is 47.8 Å². The number of thiazole rings is 1. The monoisotopic (exact) mass is 335 g/mol. The predicted octanol–water partition coefficient (Wildman–Crippen LogP) is 6.72. The lowest BCUT2D eigenvalue weighted by Crippen LogP contribution is -2.12. The smallest absolute Gasteiger partial charge is 0.0932 e. The Hall–Kier alpha value is -1.67. The molecule has 1 aliphatic carbocycles. The molecular formula is C22H25NS. The van der Waals surface area contributed by atoms with E-state index in [0.29, 0.717) is 0 Å². The minimum absolute atomic E-state index is 0.922. The van der Waals surface area contributed by atoms with Gasteiger partial charge in [-0.1, -0.05) is 75.1 Å². The van der Waals surface area contributed by atoms with Gasteiger partial charge in [-0.15, -0.1) is 11.3 Å². The first-order valence-corrected chi connectivity index (χ1v) is 10.1. The average Bonchev–Trinajstić information content (AvgIpc) is 3.09. The Balaban J connectivity index is 1.48. The van der Waals surface area contributed by atoms with Crippen LogP contribution in [0.1, 0.15) is 44.0 Å². The molecule has 0 atom stereocenters. The maximum Gasteiger partial charge on any atom is 0.0932 e. The summed E-state index contributed by atoms with van der Waals surface area (Å²) in [6.07, 6.45) is 8.14. The minimum Gasteiger partial charge on any atom is -0.241 e. The molecule has 0 amide bonds. The maximum absolute atomic E-state index is 4.95. The fraction of sp³-hybridized carbons (Fsp3) is 0.409. The topological polar surface area (TPSA) is 12.9 Å². The fourth-order valence-electron chi connectivity index (χ4n) is 3.94. The molecule has 24 heavy (non-hydrogen) atoms. The van der Waals surface area contributed by atoms with E-state index < -0.39 is 0 Å². The van der Waals surface area contributed by atoms with Gasteiger partial charge in [-0.3, -0.25) is 0 Å². The molecule has 0 unspecified atom stereocenters. The van der Waals surface area contributed by atoms with Crippen molar-refractivity contribution >= 4 is 22.1 Å². The summed E-state index contributed by atoms with van der Waals surface area (Å²) < 4.78 is 0. The molecule has 0 spiro atoms. The van der Waals surface area contributed by atoms with E-state index in [9.17, 15) is 0 Å². The molecule has 1 aromatic heterocycles. The summed E-state index contributed by atoms with van der Waals surface area (Å²) in [4.78, 5) is 4.95. The van der Waals surface area contributed by atoms with Gasteiger partial charge in [0.05, 0.1) is 10.7 Å². The van der Waals surface area contributed by atoms with E-state index in [1.165, 1.54) is 53.4 Å². The van der Waals surface area contributed by atoms with Crippen molar-refractivity contribution in [2.45, 2.75) is 45.4 Å². The van der Waals surface area contributed by atoms with Gasteiger partial charge in [0.15, 0.2) is 0 Å². The van der Waals surface area contributed by atoms with Gasteiger partial charge in [-0.25, -0.2) is 4.98 Å². The Kier molecular flexibility index (Phi) is 4.66. The first-order chi connectivity index (χ1) is 11.8. The van der Waals surface area contributed by atoms with Gasteiger partial charge in [0, 0.05) is 10.9 Å².